The number of amides is 1. The van der Waals surface area contributed by atoms with Crippen LogP contribution in [0.1, 0.15) is 62.5 Å². The number of fused-ring (bicyclic) bond motifs is 2. The molecule has 0 aliphatic carbocycles. The monoisotopic (exact) mass is 498 g/mol. The Morgan fingerprint density at radius 1 is 1.19 bits per heavy atom. The van der Waals surface area contributed by atoms with E-state index < -0.39 is 23.2 Å². The summed E-state index contributed by atoms with van der Waals surface area (Å²) < 4.78 is 35.3. The molecule has 2 N–H and O–H groups in total. The highest BCUT2D eigenvalue weighted by Gasteiger charge is 2.49. The molecule has 1 aliphatic rings. The molecule has 1 unspecified atom stereocenters. The van der Waals surface area contributed by atoms with Crippen LogP contribution >= 0.6 is 0 Å². The molecule has 0 bridgehead atoms. The third kappa shape index (κ3) is 3.81. The van der Waals surface area contributed by atoms with Crippen molar-refractivity contribution in [1.82, 2.24) is 10.2 Å². The Kier molecular flexibility index (Phi) is 6.29. The van der Waals surface area contributed by atoms with Crippen molar-refractivity contribution >= 4 is 28.2 Å². The number of benzene rings is 2. The number of anilines is 2. The third-order valence-corrected chi connectivity index (χ3v) is 7.24. The smallest absolute Gasteiger partial charge is 0.300 e. The van der Waals surface area contributed by atoms with Gasteiger partial charge in [-0.2, -0.15) is 13.9 Å². The van der Waals surface area contributed by atoms with Gasteiger partial charge in [0.1, 0.15) is 5.60 Å². The Labute approximate surface area is 209 Å². The zero-order valence-corrected chi connectivity index (χ0v) is 21.6. The number of nitrogens with one attached hydrogen (secondary N) is 1. The zero-order valence-electron chi connectivity index (χ0n) is 21.6. The first-order valence-electron chi connectivity index (χ1n) is 11.9. The molecule has 0 saturated carbocycles. The van der Waals surface area contributed by atoms with E-state index in [9.17, 15) is 18.7 Å². The Morgan fingerprint density at radius 3 is 2.50 bits per heavy atom. The number of halogens is 2. The fourth-order valence-electron chi connectivity index (χ4n) is 4.85. The molecule has 3 aromatic rings. The van der Waals surface area contributed by atoms with Crippen molar-refractivity contribution in [2.24, 2.45) is 0 Å². The van der Waals surface area contributed by atoms with Gasteiger partial charge < -0.3 is 20.1 Å². The van der Waals surface area contributed by atoms with E-state index in [0.717, 1.165) is 35.9 Å². The van der Waals surface area contributed by atoms with Crippen molar-refractivity contribution in [3.63, 3.8) is 0 Å². The SMILES string of the molecule is CCC1(OC)C(=O)N(C)c2cc3c(C)nnc(N[C@H](C)c4cccc(C(F)(F)C(C)(C)O)c4)c3cc21. The second kappa shape index (κ2) is 8.74. The van der Waals surface area contributed by atoms with Crippen LogP contribution in [0.25, 0.3) is 10.8 Å². The topological polar surface area (TPSA) is 87.6 Å². The maximum atomic E-state index is 14.8. The number of likely N-dealkylation sites (N-methyl/N-ethyl adjacent to an activating group) is 1. The average Bonchev–Trinajstić information content (AvgIpc) is 3.05. The van der Waals surface area contributed by atoms with Crippen LogP contribution in [0.4, 0.5) is 20.3 Å². The molecule has 1 aliphatic heterocycles. The highest BCUT2D eigenvalue weighted by Crippen LogP contribution is 2.47. The van der Waals surface area contributed by atoms with Crippen LogP contribution in [0.5, 0.6) is 0 Å². The number of ether oxygens (including phenoxy) is 1. The summed E-state index contributed by atoms with van der Waals surface area (Å²) >= 11 is 0. The van der Waals surface area contributed by atoms with Crippen molar-refractivity contribution < 1.29 is 23.4 Å². The summed E-state index contributed by atoms with van der Waals surface area (Å²) in [5.74, 6) is -3.10. The summed E-state index contributed by atoms with van der Waals surface area (Å²) in [6.45, 7) is 7.77. The number of alkyl halides is 2. The average molecular weight is 499 g/mol. The molecular formula is C27H32F2N4O3. The predicted octanol–water partition coefficient (Wildman–Crippen LogP) is 5.20. The number of rotatable bonds is 7. The fourth-order valence-corrected chi connectivity index (χ4v) is 4.85. The van der Waals surface area contributed by atoms with Crippen LogP contribution in [-0.2, 0) is 21.1 Å². The van der Waals surface area contributed by atoms with E-state index in [1.54, 1.807) is 24.1 Å². The van der Waals surface area contributed by atoms with Crippen LogP contribution in [0.2, 0.25) is 0 Å². The molecule has 2 atom stereocenters. The molecule has 9 heteroatoms. The number of aliphatic hydroxyl groups is 1. The Bertz CT molecular complexity index is 1330. The number of carbonyl (C=O) groups excluding carboxylic acids is 1. The Balaban J connectivity index is 1.78. The maximum absolute atomic E-state index is 14.8. The molecule has 4 rings (SSSR count). The molecule has 0 radical (unpaired) electrons. The van der Waals surface area contributed by atoms with Crippen molar-refractivity contribution in [2.45, 2.75) is 64.2 Å². The minimum atomic E-state index is -3.43. The van der Waals surface area contributed by atoms with Crippen LogP contribution in [0.3, 0.4) is 0 Å². The number of carbonyl (C=O) groups is 1. The first-order chi connectivity index (χ1) is 16.8. The quantitative estimate of drug-likeness (QED) is 0.466. The van der Waals surface area contributed by atoms with E-state index in [1.807, 2.05) is 32.9 Å². The number of nitrogens with zero attached hydrogens (tertiary/aromatic N) is 3. The third-order valence-electron chi connectivity index (χ3n) is 7.24. The van der Waals surface area contributed by atoms with Crippen LogP contribution in [0, 0.1) is 6.92 Å². The molecule has 7 nitrogen and oxygen atoms in total. The number of hydrogen-bond donors (Lipinski definition) is 2. The molecule has 0 spiro atoms. The maximum Gasteiger partial charge on any atom is 0.300 e. The molecule has 1 amide bonds. The lowest BCUT2D eigenvalue weighted by molar-refractivity contribution is -0.168. The summed E-state index contributed by atoms with van der Waals surface area (Å²) in [7, 11) is 3.26. The van der Waals surface area contributed by atoms with E-state index in [4.69, 9.17) is 4.74 Å². The van der Waals surface area contributed by atoms with E-state index >= 15 is 0 Å². The van der Waals surface area contributed by atoms with Gasteiger partial charge in [-0.15, -0.1) is 5.10 Å². The molecule has 2 aromatic carbocycles. The van der Waals surface area contributed by atoms with E-state index in [0.29, 0.717) is 23.5 Å². The van der Waals surface area contributed by atoms with Gasteiger partial charge in [0.05, 0.1) is 17.4 Å². The minimum Gasteiger partial charge on any atom is -0.384 e. The molecule has 1 aromatic heterocycles. The lowest BCUT2D eigenvalue weighted by atomic mass is 9.90. The van der Waals surface area contributed by atoms with Gasteiger partial charge in [-0.05, 0) is 57.9 Å². The summed E-state index contributed by atoms with van der Waals surface area (Å²) in [5.41, 5.74) is -0.759. The first kappa shape index (κ1) is 25.9. The minimum absolute atomic E-state index is 0.135. The number of aromatic nitrogens is 2. The van der Waals surface area contributed by atoms with E-state index in [1.165, 1.54) is 19.2 Å². The predicted molar refractivity (Wildman–Crippen MR) is 135 cm³/mol. The second-order valence-electron chi connectivity index (χ2n) is 9.92. The van der Waals surface area contributed by atoms with Gasteiger partial charge in [0.25, 0.3) is 5.91 Å². The Hall–Kier alpha value is -3.17. The molecule has 36 heavy (non-hydrogen) atoms. The van der Waals surface area contributed by atoms with Crippen molar-refractivity contribution in [1.29, 1.82) is 0 Å². The summed E-state index contributed by atoms with van der Waals surface area (Å²) in [6.07, 6.45) is 0.462. The zero-order chi connectivity index (χ0) is 26.6. The van der Waals surface area contributed by atoms with E-state index in [-0.39, 0.29) is 11.5 Å². The summed E-state index contributed by atoms with van der Waals surface area (Å²) in [6, 6.07) is 9.41. The standard InChI is InChI=1S/C27H32F2N4O3/c1-8-26(36-7)21-13-20-19(14-22(21)33(6)24(26)34)16(3)31-32-23(20)30-15(2)17-10-9-11-18(12-17)27(28,29)25(4,5)35/h9-15,35H,8H2,1-7H3,(H,30,32)/t15-,26?/m1/s1. The van der Waals surface area contributed by atoms with Gasteiger partial charge in [-0.3, -0.25) is 4.79 Å². The first-order valence-corrected chi connectivity index (χ1v) is 11.9. The number of aryl methyl sites for hydroxylation is 1. The second-order valence-corrected chi connectivity index (χ2v) is 9.92. The molecule has 2 heterocycles. The van der Waals surface area contributed by atoms with Gasteiger partial charge in [-0.1, -0.05) is 25.1 Å². The molecular weight excluding hydrogens is 466 g/mol. The molecule has 0 fully saturated rings. The highest BCUT2D eigenvalue weighted by molar-refractivity contribution is 6.10. The Morgan fingerprint density at radius 2 is 1.89 bits per heavy atom. The van der Waals surface area contributed by atoms with Gasteiger partial charge >= 0.3 is 5.92 Å². The normalized spacial score (nSPS) is 19.1. The van der Waals surface area contributed by atoms with Gasteiger partial charge in [0.2, 0.25) is 0 Å². The van der Waals surface area contributed by atoms with Crippen LogP contribution < -0.4 is 10.2 Å². The lowest BCUT2D eigenvalue weighted by Crippen LogP contribution is -2.40. The summed E-state index contributed by atoms with van der Waals surface area (Å²) in [5, 5.41) is 23.5. The van der Waals surface area contributed by atoms with Gasteiger partial charge in [0, 0.05) is 36.1 Å². The fraction of sp³-hybridized carbons (Fsp3) is 0.444. The largest absolute Gasteiger partial charge is 0.384 e. The van der Waals surface area contributed by atoms with E-state index in [2.05, 4.69) is 15.5 Å². The van der Waals surface area contributed by atoms with Crippen molar-refractivity contribution in [3.8, 4) is 0 Å². The van der Waals surface area contributed by atoms with Crippen LogP contribution in [0.15, 0.2) is 36.4 Å². The molecule has 0 saturated heterocycles. The highest BCUT2D eigenvalue weighted by atomic mass is 19.3. The summed E-state index contributed by atoms with van der Waals surface area (Å²) in [4.78, 5) is 14.7. The van der Waals surface area contributed by atoms with Crippen molar-refractivity contribution in [2.75, 3.05) is 24.4 Å². The number of hydrogen-bond acceptors (Lipinski definition) is 6. The van der Waals surface area contributed by atoms with Gasteiger partial charge in [-0.25, -0.2) is 0 Å². The van der Waals surface area contributed by atoms with Crippen LogP contribution in [-0.4, -0.2) is 41.0 Å². The molecule has 192 valence electrons. The van der Waals surface area contributed by atoms with Gasteiger partial charge in [0.15, 0.2) is 11.4 Å². The van der Waals surface area contributed by atoms with Crippen molar-refractivity contribution in [3.05, 3.63) is 58.8 Å². The number of methoxy groups -OCH3 is 1. The lowest BCUT2D eigenvalue weighted by Gasteiger charge is -2.30.